The van der Waals surface area contributed by atoms with E-state index in [0.29, 0.717) is 18.8 Å². The average molecular weight is 1070 g/mol. The van der Waals surface area contributed by atoms with Gasteiger partial charge in [0.1, 0.15) is 85.5 Å². The van der Waals surface area contributed by atoms with Crippen molar-refractivity contribution in [1.29, 1.82) is 0 Å². The van der Waals surface area contributed by atoms with E-state index in [1.165, 1.54) is 19.8 Å². The summed E-state index contributed by atoms with van der Waals surface area (Å²) in [5.74, 6) is 0.524. The lowest BCUT2D eigenvalue weighted by Gasteiger charge is -2.73. The van der Waals surface area contributed by atoms with Gasteiger partial charge in [0.15, 0.2) is 25.2 Å². The van der Waals surface area contributed by atoms with Gasteiger partial charge in [0, 0.05) is 16.7 Å². The third-order valence-electron chi connectivity index (χ3n) is 22.1. The number of ether oxygens (including phenoxy) is 9. The van der Waals surface area contributed by atoms with E-state index in [4.69, 9.17) is 42.6 Å². The smallest absolute Gasteiger partial charge is 0.187 e. The third kappa shape index (κ3) is 8.64. The summed E-state index contributed by atoms with van der Waals surface area (Å²) in [6, 6.07) is 0. The number of hydrogen-bond donors (Lipinski definition) is 12. The minimum Gasteiger partial charge on any atom is -0.396 e. The van der Waals surface area contributed by atoms with Crippen molar-refractivity contribution in [2.75, 3.05) is 26.4 Å². The fraction of sp³-hybridized carbons (Fsp3) is 0.963. The topological polar surface area (TPSA) is 326 Å². The van der Waals surface area contributed by atoms with Crippen molar-refractivity contribution in [3.8, 4) is 0 Å². The molecule has 2 bridgehead atoms. The number of fused-ring (bicyclic) bond motifs is 4. The lowest BCUT2D eigenvalue weighted by molar-refractivity contribution is -0.403. The van der Waals surface area contributed by atoms with Crippen LogP contribution in [-0.4, -0.2) is 222 Å². The Bertz CT molecular complexity index is 2070. The van der Waals surface area contributed by atoms with Crippen LogP contribution in [0.15, 0.2) is 12.2 Å². The molecule has 5 aliphatic heterocycles. The molecule has 5 aliphatic carbocycles. The molecule has 10 rings (SSSR count). The van der Waals surface area contributed by atoms with Gasteiger partial charge in [0.05, 0.1) is 50.3 Å². The monoisotopic (exact) mass is 1070 g/mol. The summed E-state index contributed by atoms with van der Waals surface area (Å²) in [6.45, 7) is 16.1. The zero-order valence-corrected chi connectivity index (χ0v) is 44.7. The molecule has 21 heteroatoms. The zero-order valence-electron chi connectivity index (χ0n) is 44.7. The van der Waals surface area contributed by atoms with Crippen molar-refractivity contribution in [3.05, 3.63) is 12.2 Å². The zero-order chi connectivity index (χ0) is 54.3. The molecule has 9 fully saturated rings. The lowest BCUT2D eigenvalue weighted by Crippen LogP contribution is -2.71. The van der Waals surface area contributed by atoms with E-state index in [0.717, 1.165) is 38.7 Å². The van der Waals surface area contributed by atoms with Crippen LogP contribution >= 0.6 is 0 Å². The molecule has 12 N–H and O–H groups in total. The summed E-state index contributed by atoms with van der Waals surface area (Å²) in [5.41, 5.74) is -1.37. The summed E-state index contributed by atoms with van der Waals surface area (Å²) in [4.78, 5) is 0. The van der Waals surface area contributed by atoms with Gasteiger partial charge in [-0.2, -0.15) is 0 Å². The Hall–Kier alpha value is -1.10. The Morgan fingerprint density at radius 1 is 0.520 bits per heavy atom. The van der Waals surface area contributed by atoms with Crippen molar-refractivity contribution in [1.82, 2.24) is 0 Å². The lowest BCUT2D eigenvalue weighted by atomic mass is 9.32. The molecule has 75 heavy (non-hydrogen) atoms. The summed E-state index contributed by atoms with van der Waals surface area (Å²) in [7, 11) is 0. The van der Waals surface area contributed by atoms with Gasteiger partial charge in [-0.1, -0.05) is 53.7 Å². The fourth-order valence-corrected chi connectivity index (χ4v) is 17.1. The van der Waals surface area contributed by atoms with E-state index in [-0.39, 0.29) is 51.1 Å². The highest BCUT2D eigenvalue weighted by Gasteiger charge is 2.77. The highest BCUT2D eigenvalue weighted by Crippen LogP contribution is 2.79. The van der Waals surface area contributed by atoms with Crippen molar-refractivity contribution >= 4 is 0 Å². The third-order valence-corrected chi connectivity index (χ3v) is 22.1. The quantitative estimate of drug-likeness (QED) is 0.0915. The van der Waals surface area contributed by atoms with Crippen LogP contribution in [0.3, 0.4) is 0 Å². The molecule has 0 aromatic heterocycles. The maximum Gasteiger partial charge on any atom is 0.187 e. The molecular formula is C54H88O21. The van der Waals surface area contributed by atoms with Gasteiger partial charge >= 0.3 is 0 Å². The Morgan fingerprint density at radius 2 is 1.09 bits per heavy atom. The number of allylic oxidation sites excluding steroid dienone is 1. The van der Waals surface area contributed by atoms with Crippen molar-refractivity contribution in [2.24, 2.45) is 50.2 Å². The maximum atomic E-state index is 12.0. The molecule has 21 nitrogen and oxygen atoms in total. The summed E-state index contributed by atoms with van der Waals surface area (Å²) in [6.07, 6.45) is -19.8. The van der Waals surface area contributed by atoms with Crippen LogP contribution in [0, 0.1) is 50.2 Å². The second kappa shape index (κ2) is 20.1. The van der Waals surface area contributed by atoms with Crippen LogP contribution in [0.4, 0.5) is 0 Å². The molecule has 1 spiro atoms. The summed E-state index contributed by atoms with van der Waals surface area (Å²) < 4.78 is 56.6. The van der Waals surface area contributed by atoms with Crippen LogP contribution in [0.2, 0.25) is 0 Å². The van der Waals surface area contributed by atoms with Crippen LogP contribution in [0.25, 0.3) is 0 Å². The first-order valence-corrected chi connectivity index (χ1v) is 27.7. The molecular weight excluding hydrogens is 985 g/mol. The largest absolute Gasteiger partial charge is 0.396 e. The molecule has 30 atom stereocenters. The van der Waals surface area contributed by atoms with E-state index < -0.39 is 148 Å². The van der Waals surface area contributed by atoms with E-state index in [9.17, 15) is 61.3 Å². The number of hydrogen-bond acceptors (Lipinski definition) is 21. The van der Waals surface area contributed by atoms with Gasteiger partial charge in [-0.25, -0.2) is 0 Å². The highest BCUT2D eigenvalue weighted by molar-refractivity contribution is 5.35. The maximum absolute atomic E-state index is 12.0. The van der Waals surface area contributed by atoms with E-state index in [1.54, 1.807) is 6.92 Å². The van der Waals surface area contributed by atoms with Gasteiger partial charge in [-0.05, 0) is 105 Å². The van der Waals surface area contributed by atoms with E-state index in [1.807, 2.05) is 6.92 Å². The average Bonchev–Trinajstić information content (AvgIpc) is 3.63. The first kappa shape index (κ1) is 57.1. The molecule has 4 saturated carbocycles. The molecule has 1 unspecified atom stereocenters. The van der Waals surface area contributed by atoms with E-state index in [2.05, 4.69) is 46.8 Å². The molecule has 5 heterocycles. The van der Waals surface area contributed by atoms with E-state index >= 15 is 0 Å². The SMILES string of the molecule is C[C@@H]1O[C@@H](O[C@H]2[C@H](O)[C@@H](O)[C@H](O[C@H]3[C@@H](O)[C@@H](C)O[C@@H](O[C@H]4CC[C@@]5(C)[C@@H](CC[C@]6(C)[C@@H]5C=C[C@]57OC[C@@]8(CCC(C)(C)C[C@H]85)CC[C@]76C)[C@]4(C)CO)[C@@H]3OC3O[C@@H](CO)[C@@H](O)[C@H](O)[C@@H]3O)O[C@@H]2CO)[C@H](O)[C@H](O)[C@H]1O. The van der Waals surface area contributed by atoms with Crippen LogP contribution in [0.5, 0.6) is 0 Å². The van der Waals surface area contributed by atoms with Crippen LogP contribution in [0.1, 0.15) is 113 Å². The van der Waals surface area contributed by atoms with Crippen LogP contribution in [-0.2, 0) is 42.6 Å². The molecule has 10 aliphatic rings. The number of aliphatic hydroxyl groups is 12. The van der Waals surface area contributed by atoms with Crippen LogP contribution < -0.4 is 0 Å². The summed E-state index contributed by atoms with van der Waals surface area (Å²) in [5, 5.41) is 132. The minimum absolute atomic E-state index is 0.0621. The van der Waals surface area contributed by atoms with Crippen molar-refractivity contribution < 1.29 is 104 Å². The predicted molar refractivity (Wildman–Crippen MR) is 259 cm³/mol. The van der Waals surface area contributed by atoms with Gasteiger partial charge in [-0.3, -0.25) is 0 Å². The summed E-state index contributed by atoms with van der Waals surface area (Å²) >= 11 is 0. The molecule has 5 saturated heterocycles. The number of aliphatic hydroxyl groups excluding tert-OH is 12. The molecule has 0 radical (unpaired) electrons. The second-order valence-electron chi connectivity index (χ2n) is 26.5. The molecule has 430 valence electrons. The number of rotatable bonds is 11. The van der Waals surface area contributed by atoms with Gasteiger partial charge in [-0.15, -0.1) is 0 Å². The van der Waals surface area contributed by atoms with Gasteiger partial charge < -0.3 is 104 Å². The standard InChI is InChI=1S/C54H88O21/c1-24-32(58)35(61)38(64)44(68-24)73-41-27(21-56)71-46(40(66)37(41)63)74-42-33(59)25(2)69-47(43(42)75-45-39(65)36(62)34(60)26(20-55)70-45)72-31-11-12-49(5)28(50(31,6)22-57)9-13-51(7)29(49)10-14-54-30-19-48(3,4)15-17-53(30,23-67-54)18-16-52(51,54)8/h10,14,24-47,55-66H,9,11-13,15-23H2,1-8H3/t24-,25+,26-,27+,28+,29+,30+,31-,32-,33-,34+,35+,36-,37+,38+,39-,40+,41+,42-,43+,44-,45?,46-,47-,49-,50-,51+,52-,53+,54-/m0/s1. The van der Waals surface area contributed by atoms with Gasteiger partial charge in [0.2, 0.25) is 0 Å². The Balaban J connectivity index is 0.932. The Labute approximate surface area is 439 Å². The fourth-order valence-electron chi connectivity index (χ4n) is 17.1. The van der Waals surface area contributed by atoms with Crippen molar-refractivity contribution in [3.63, 3.8) is 0 Å². The second-order valence-corrected chi connectivity index (χ2v) is 26.5. The normalized spacial score (nSPS) is 58.3. The molecule has 0 aromatic rings. The highest BCUT2D eigenvalue weighted by atomic mass is 16.8. The Kier molecular flexibility index (Phi) is 15.3. The predicted octanol–water partition coefficient (Wildman–Crippen LogP) is -0.518. The first-order chi connectivity index (χ1) is 35.2. The minimum atomic E-state index is -1.99. The van der Waals surface area contributed by atoms with Gasteiger partial charge in [0.25, 0.3) is 0 Å². The molecule has 0 amide bonds. The molecule has 0 aromatic carbocycles. The first-order valence-electron chi connectivity index (χ1n) is 27.7. The van der Waals surface area contributed by atoms with Crippen molar-refractivity contribution in [2.45, 2.75) is 248 Å². The Morgan fingerprint density at radius 3 is 1.76 bits per heavy atom.